The lowest BCUT2D eigenvalue weighted by molar-refractivity contribution is 0.294. The molecular weight excluding hydrogens is 250 g/mol. The Bertz CT molecular complexity index is 406. The minimum atomic E-state index is 0.539. The summed E-state index contributed by atoms with van der Waals surface area (Å²) in [6.07, 6.45) is 11.4. The highest BCUT2D eigenvalue weighted by molar-refractivity contribution is 4.98. The van der Waals surface area contributed by atoms with Crippen LogP contribution in [0.1, 0.15) is 75.9 Å². The Balaban J connectivity index is 1.44. The van der Waals surface area contributed by atoms with Crippen molar-refractivity contribution in [2.75, 3.05) is 6.54 Å². The maximum absolute atomic E-state index is 5.39. The van der Waals surface area contributed by atoms with Crippen LogP contribution in [0.25, 0.3) is 0 Å². The Hall–Kier alpha value is -0.900. The van der Waals surface area contributed by atoms with Crippen LogP contribution in [0.3, 0.4) is 0 Å². The highest BCUT2D eigenvalue weighted by Crippen LogP contribution is 2.36. The van der Waals surface area contributed by atoms with E-state index in [0.717, 1.165) is 36.6 Å². The van der Waals surface area contributed by atoms with Gasteiger partial charge in [0.2, 0.25) is 5.89 Å². The van der Waals surface area contributed by atoms with Crippen molar-refractivity contribution in [3.8, 4) is 0 Å². The molecule has 2 fully saturated rings. The van der Waals surface area contributed by atoms with Gasteiger partial charge < -0.3 is 9.84 Å². The van der Waals surface area contributed by atoms with Crippen molar-refractivity contribution in [2.24, 2.45) is 5.92 Å². The number of rotatable bonds is 7. The third kappa shape index (κ3) is 3.81. The maximum atomic E-state index is 5.39. The number of hydrogen-bond acceptors (Lipinski definition) is 4. The summed E-state index contributed by atoms with van der Waals surface area (Å²) in [7, 11) is 0. The van der Waals surface area contributed by atoms with Crippen LogP contribution >= 0.6 is 0 Å². The summed E-state index contributed by atoms with van der Waals surface area (Å²) in [5.41, 5.74) is 0. The lowest BCUT2D eigenvalue weighted by Crippen LogP contribution is -2.19. The predicted octanol–water partition coefficient (Wildman–Crippen LogP) is 3.44. The van der Waals surface area contributed by atoms with Crippen molar-refractivity contribution in [2.45, 2.75) is 76.7 Å². The normalized spacial score (nSPS) is 26.9. The topological polar surface area (TPSA) is 51.0 Å². The van der Waals surface area contributed by atoms with Crippen molar-refractivity contribution in [1.29, 1.82) is 0 Å². The molecule has 1 heterocycles. The third-order valence-corrected chi connectivity index (χ3v) is 4.74. The average Bonchev–Trinajstić information content (AvgIpc) is 3.17. The molecule has 0 aromatic carbocycles. The fraction of sp³-hybridized carbons (Fsp3) is 0.875. The van der Waals surface area contributed by atoms with Crippen molar-refractivity contribution >= 4 is 0 Å². The molecule has 4 nitrogen and oxygen atoms in total. The molecule has 3 rings (SSSR count). The molecular formula is C16H27N3O. The van der Waals surface area contributed by atoms with Gasteiger partial charge in [0.05, 0.1) is 0 Å². The van der Waals surface area contributed by atoms with E-state index in [1.165, 1.54) is 51.4 Å². The minimum absolute atomic E-state index is 0.539. The molecule has 0 spiro atoms. The Labute approximate surface area is 121 Å². The molecule has 4 heteroatoms. The van der Waals surface area contributed by atoms with E-state index >= 15 is 0 Å². The average molecular weight is 277 g/mol. The highest BCUT2D eigenvalue weighted by Gasteiger charge is 2.25. The molecule has 20 heavy (non-hydrogen) atoms. The maximum Gasteiger partial charge on any atom is 0.227 e. The lowest BCUT2D eigenvalue weighted by atomic mass is 9.80. The van der Waals surface area contributed by atoms with Crippen LogP contribution in [0.5, 0.6) is 0 Å². The molecule has 0 amide bonds. The monoisotopic (exact) mass is 277 g/mol. The Morgan fingerprint density at radius 2 is 1.95 bits per heavy atom. The Kier molecular flexibility index (Phi) is 4.71. The van der Waals surface area contributed by atoms with E-state index in [2.05, 4.69) is 22.4 Å². The molecule has 1 aromatic heterocycles. The first-order valence-electron chi connectivity index (χ1n) is 8.41. The van der Waals surface area contributed by atoms with Crippen molar-refractivity contribution < 1.29 is 4.52 Å². The number of nitrogens with zero attached hydrogens (tertiary/aromatic N) is 2. The summed E-state index contributed by atoms with van der Waals surface area (Å²) >= 11 is 0. The van der Waals surface area contributed by atoms with Gasteiger partial charge in [0.25, 0.3) is 0 Å². The van der Waals surface area contributed by atoms with Gasteiger partial charge >= 0.3 is 0 Å². The summed E-state index contributed by atoms with van der Waals surface area (Å²) in [6, 6.07) is 0.756. The van der Waals surface area contributed by atoms with Crippen molar-refractivity contribution in [3.05, 3.63) is 11.7 Å². The van der Waals surface area contributed by atoms with Crippen LogP contribution in [0, 0.1) is 5.92 Å². The first-order valence-corrected chi connectivity index (χ1v) is 8.41. The van der Waals surface area contributed by atoms with Gasteiger partial charge in [-0.15, -0.1) is 0 Å². The van der Waals surface area contributed by atoms with Gasteiger partial charge in [-0.25, -0.2) is 0 Å². The number of hydrogen-bond donors (Lipinski definition) is 1. The first-order chi connectivity index (χ1) is 9.85. The van der Waals surface area contributed by atoms with Crippen LogP contribution in [0.2, 0.25) is 0 Å². The number of aromatic nitrogens is 2. The minimum Gasteiger partial charge on any atom is -0.339 e. The van der Waals surface area contributed by atoms with E-state index < -0.39 is 0 Å². The summed E-state index contributed by atoms with van der Waals surface area (Å²) in [4.78, 5) is 4.60. The molecule has 0 aliphatic heterocycles. The zero-order valence-corrected chi connectivity index (χ0v) is 12.6. The van der Waals surface area contributed by atoms with Crippen LogP contribution in [0.15, 0.2) is 4.52 Å². The van der Waals surface area contributed by atoms with Gasteiger partial charge in [0.15, 0.2) is 5.82 Å². The zero-order chi connectivity index (χ0) is 13.8. The smallest absolute Gasteiger partial charge is 0.227 e. The van der Waals surface area contributed by atoms with E-state index in [1.54, 1.807) is 0 Å². The molecule has 0 radical (unpaired) electrons. The van der Waals surface area contributed by atoms with Gasteiger partial charge in [-0.3, -0.25) is 0 Å². The van der Waals surface area contributed by atoms with Gasteiger partial charge in [-0.05, 0) is 44.4 Å². The second kappa shape index (κ2) is 6.70. The van der Waals surface area contributed by atoms with Crippen LogP contribution in [-0.4, -0.2) is 22.7 Å². The van der Waals surface area contributed by atoms with Crippen molar-refractivity contribution in [1.82, 2.24) is 15.5 Å². The van der Waals surface area contributed by atoms with E-state index in [9.17, 15) is 0 Å². The Morgan fingerprint density at radius 3 is 2.65 bits per heavy atom. The molecule has 1 N–H and O–H groups in total. The van der Waals surface area contributed by atoms with Gasteiger partial charge in [0, 0.05) is 24.9 Å². The fourth-order valence-electron chi connectivity index (χ4n) is 3.32. The molecule has 0 unspecified atom stereocenters. The van der Waals surface area contributed by atoms with Crippen LogP contribution < -0.4 is 5.32 Å². The third-order valence-electron chi connectivity index (χ3n) is 4.74. The molecule has 0 saturated heterocycles. The lowest BCUT2D eigenvalue weighted by Gasteiger charge is -2.26. The van der Waals surface area contributed by atoms with Gasteiger partial charge in [0.1, 0.15) is 0 Å². The predicted molar refractivity (Wildman–Crippen MR) is 78.6 cm³/mol. The zero-order valence-electron chi connectivity index (χ0n) is 12.6. The van der Waals surface area contributed by atoms with Gasteiger partial charge in [-0.2, -0.15) is 4.98 Å². The number of nitrogens with one attached hydrogen (secondary N) is 1. The molecule has 112 valence electrons. The highest BCUT2D eigenvalue weighted by atomic mass is 16.5. The van der Waals surface area contributed by atoms with Gasteiger partial charge in [-0.1, -0.05) is 24.9 Å². The van der Waals surface area contributed by atoms with E-state index in [4.69, 9.17) is 4.52 Å². The standard InChI is InChI=1S/C16H27N3O/c1-2-3-12-4-6-13(7-5-12)16-18-15(20-19-16)10-11-17-14-8-9-14/h12-14,17H,2-11H2,1H3. The summed E-state index contributed by atoms with van der Waals surface area (Å²) in [5, 5.41) is 7.70. The Morgan fingerprint density at radius 1 is 1.15 bits per heavy atom. The van der Waals surface area contributed by atoms with Crippen molar-refractivity contribution in [3.63, 3.8) is 0 Å². The quantitative estimate of drug-likeness (QED) is 0.829. The molecule has 0 bridgehead atoms. The first kappa shape index (κ1) is 14.1. The fourth-order valence-corrected chi connectivity index (χ4v) is 3.32. The molecule has 1 aromatic rings. The summed E-state index contributed by atoms with van der Waals surface area (Å²) < 4.78 is 5.39. The summed E-state index contributed by atoms with van der Waals surface area (Å²) in [6.45, 7) is 3.25. The SMILES string of the molecule is CCCC1CCC(c2noc(CCNC3CC3)n2)CC1. The van der Waals surface area contributed by atoms with E-state index in [1.807, 2.05) is 0 Å². The molecule has 2 saturated carbocycles. The second-order valence-electron chi connectivity index (χ2n) is 6.53. The van der Waals surface area contributed by atoms with Crippen LogP contribution in [0.4, 0.5) is 0 Å². The molecule has 2 aliphatic rings. The molecule has 0 atom stereocenters. The van der Waals surface area contributed by atoms with E-state index in [0.29, 0.717) is 5.92 Å². The second-order valence-corrected chi connectivity index (χ2v) is 6.53. The van der Waals surface area contributed by atoms with E-state index in [-0.39, 0.29) is 0 Å². The van der Waals surface area contributed by atoms with Crippen LogP contribution in [-0.2, 0) is 6.42 Å². The summed E-state index contributed by atoms with van der Waals surface area (Å²) in [5.74, 6) is 3.24. The molecule has 2 aliphatic carbocycles. The largest absolute Gasteiger partial charge is 0.339 e.